The standard InChI is InChI=1S/C54H36N4O/c1-54(2)45-25-11-9-21-39(45)42-29-30-43-40-22-10-12-26-46(40)58(49(43)48(42)54)37-20-13-19-35(31-37)52-55-51(34-17-7-4-8-18-34)56-53(57-52)36-27-28-41-44-24-14-23-38(33-15-5-3-6-16-33)50(44)59-47(41)32-36/h3-32H,1-2H3. The van der Waals surface area contributed by atoms with Crippen molar-refractivity contribution >= 4 is 43.7 Å². The van der Waals surface area contributed by atoms with Gasteiger partial charge in [-0.25, -0.2) is 15.0 Å². The molecular formula is C54H36N4O. The van der Waals surface area contributed by atoms with Crippen molar-refractivity contribution in [1.29, 1.82) is 0 Å². The monoisotopic (exact) mass is 756 g/mol. The minimum atomic E-state index is -0.188. The summed E-state index contributed by atoms with van der Waals surface area (Å²) in [6, 6.07) is 64.0. The SMILES string of the molecule is CC1(C)c2ccccc2-c2ccc3c4ccccc4n(-c4cccc(-c5nc(-c6ccccc6)nc(-c6ccc7c(c6)oc6c(-c8ccccc8)cccc67)n5)c4)c3c21. The Morgan fingerprint density at radius 2 is 1.05 bits per heavy atom. The first-order valence-electron chi connectivity index (χ1n) is 20.1. The molecule has 8 aromatic carbocycles. The van der Waals surface area contributed by atoms with E-state index in [0.29, 0.717) is 17.5 Å². The van der Waals surface area contributed by atoms with Crippen LogP contribution in [-0.4, -0.2) is 19.5 Å². The van der Waals surface area contributed by atoms with Gasteiger partial charge in [0.25, 0.3) is 0 Å². The maximum atomic E-state index is 6.65. The predicted octanol–water partition coefficient (Wildman–Crippen LogP) is 13.8. The Bertz CT molecular complexity index is 3470. The van der Waals surface area contributed by atoms with E-state index in [4.69, 9.17) is 19.4 Å². The van der Waals surface area contributed by atoms with E-state index in [-0.39, 0.29) is 5.41 Å². The number of benzene rings is 8. The van der Waals surface area contributed by atoms with Crippen molar-refractivity contribution in [3.8, 4) is 62.1 Å². The first-order valence-corrected chi connectivity index (χ1v) is 20.1. The Labute approximate surface area is 340 Å². The zero-order valence-corrected chi connectivity index (χ0v) is 32.5. The molecule has 0 aliphatic heterocycles. The normalized spacial score (nSPS) is 13.1. The fourth-order valence-electron chi connectivity index (χ4n) is 9.50. The third-order valence-corrected chi connectivity index (χ3v) is 12.2. The van der Waals surface area contributed by atoms with Crippen LogP contribution in [0.5, 0.6) is 0 Å². The van der Waals surface area contributed by atoms with Crippen LogP contribution in [0.15, 0.2) is 186 Å². The topological polar surface area (TPSA) is 56.7 Å². The summed E-state index contributed by atoms with van der Waals surface area (Å²) in [7, 11) is 0. The summed E-state index contributed by atoms with van der Waals surface area (Å²) in [6.45, 7) is 4.72. The van der Waals surface area contributed by atoms with Crippen molar-refractivity contribution in [1.82, 2.24) is 19.5 Å². The number of para-hydroxylation sites is 2. The van der Waals surface area contributed by atoms with Crippen molar-refractivity contribution in [2.45, 2.75) is 19.3 Å². The number of fused-ring (bicyclic) bond motifs is 10. The largest absolute Gasteiger partial charge is 0.455 e. The van der Waals surface area contributed by atoms with Gasteiger partial charge in [-0.3, -0.25) is 0 Å². The quantitative estimate of drug-likeness (QED) is 0.175. The molecule has 3 aromatic heterocycles. The summed E-state index contributed by atoms with van der Waals surface area (Å²) >= 11 is 0. The first kappa shape index (κ1) is 33.5. The molecule has 1 aliphatic carbocycles. The molecule has 0 amide bonds. The van der Waals surface area contributed by atoms with Gasteiger partial charge in [-0.05, 0) is 58.1 Å². The highest BCUT2D eigenvalue weighted by Crippen LogP contribution is 2.53. The molecular weight excluding hydrogens is 721 g/mol. The van der Waals surface area contributed by atoms with Crippen LogP contribution >= 0.6 is 0 Å². The van der Waals surface area contributed by atoms with E-state index in [9.17, 15) is 0 Å². The van der Waals surface area contributed by atoms with E-state index in [1.165, 1.54) is 38.5 Å². The molecule has 0 bridgehead atoms. The van der Waals surface area contributed by atoms with E-state index in [1.807, 2.05) is 36.4 Å². The van der Waals surface area contributed by atoms with Gasteiger partial charge < -0.3 is 8.98 Å². The molecule has 5 nitrogen and oxygen atoms in total. The predicted molar refractivity (Wildman–Crippen MR) is 241 cm³/mol. The third kappa shape index (κ3) is 5.08. The fourth-order valence-corrected chi connectivity index (χ4v) is 9.50. The molecule has 0 fully saturated rings. The van der Waals surface area contributed by atoms with Crippen LogP contribution in [0.1, 0.15) is 25.0 Å². The molecule has 59 heavy (non-hydrogen) atoms. The fraction of sp³-hybridized carbons (Fsp3) is 0.0556. The van der Waals surface area contributed by atoms with Crippen LogP contribution < -0.4 is 0 Å². The molecule has 0 saturated heterocycles. The lowest BCUT2D eigenvalue weighted by Crippen LogP contribution is -2.16. The van der Waals surface area contributed by atoms with Gasteiger partial charge >= 0.3 is 0 Å². The lowest BCUT2D eigenvalue weighted by Gasteiger charge is -2.23. The molecule has 5 heteroatoms. The molecule has 12 rings (SSSR count). The maximum absolute atomic E-state index is 6.65. The van der Waals surface area contributed by atoms with Crippen molar-refractivity contribution in [2.24, 2.45) is 0 Å². The number of hydrogen-bond acceptors (Lipinski definition) is 4. The molecule has 278 valence electrons. The summed E-state index contributed by atoms with van der Waals surface area (Å²) < 4.78 is 9.09. The molecule has 0 N–H and O–H groups in total. The highest BCUT2D eigenvalue weighted by Gasteiger charge is 2.38. The van der Waals surface area contributed by atoms with E-state index < -0.39 is 0 Å². The minimum absolute atomic E-state index is 0.188. The van der Waals surface area contributed by atoms with E-state index >= 15 is 0 Å². The van der Waals surface area contributed by atoms with E-state index in [0.717, 1.165) is 61.0 Å². The Balaban J connectivity index is 1.04. The molecule has 1 aliphatic rings. The summed E-state index contributed by atoms with van der Waals surface area (Å²) in [4.78, 5) is 15.4. The van der Waals surface area contributed by atoms with Gasteiger partial charge in [0.05, 0.1) is 11.0 Å². The summed E-state index contributed by atoms with van der Waals surface area (Å²) in [5, 5.41) is 4.61. The molecule has 0 atom stereocenters. The maximum Gasteiger partial charge on any atom is 0.164 e. The third-order valence-electron chi connectivity index (χ3n) is 12.2. The average molecular weight is 757 g/mol. The Morgan fingerprint density at radius 1 is 0.441 bits per heavy atom. The van der Waals surface area contributed by atoms with Gasteiger partial charge in [0.15, 0.2) is 17.5 Å². The van der Waals surface area contributed by atoms with Crippen LogP contribution in [0.3, 0.4) is 0 Å². The number of hydrogen-bond donors (Lipinski definition) is 0. The van der Waals surface area contributed by atoms with Gasteiger partial charge in [-0.15, -0.1) is 0 Å². The summed E-state index contributed by atoms with van der Waals surface area (Å²) in [5.41, 5.74) is 15.1. The summed E-state index contributed by atoms with van der Waals surface area (Å²) in [5.74, 6) is 1.80. The zero-order valence-electron chi connectivity index (χ0n) is 32.5. The highest BCUT2D eigenvalue weighted by molar-refractivity contribution is 6.13. The second kappa shape index (κ2) is 12.7. The lowest BCUT2D eigenvalue weighted by atomic mass is 9.81. The highest BCUT2D eigenvalue weighted by atomic mass is 16.3. The van der Waals surface area contributed by atoms with Crippen molar-refractivity contribution in [3.63, 3.8) is 0 Å². The molecule has 11 aromatic rings. The average Bonchev–Trinajstić information content (AvgIpc) is 3.92. The second-order valence-electron chi connectivity index (χ2n) is 16.0. The number of nitrogens with zero attached hydrogens (tertiary/aromatic N) is 4. The second-order valence-corrected chi connectivity index (χ2v) is 16.0. The van der Waals surface area contributed by atoms with Gasteiger partial charge in [0, 0.05) is 54.9 Å². The van der Waals surface area contributed by atoms with Gasteiger partial charge in [-0.1, -0.05) is 166 Å². The van der Waals surface area contributed by atoms with Gasteiger partial charge in [0.2, 0.25) is 0 Å². The van der Waals surface area contributed by atoms with Crippen LogP contribution in [-0.2, 0) is 5.41 Å². The molecule has 0 spiro atoms. The zero-order chi connectivity index (χ0) is 39.2. The Morgan fingerprint density at radius 3 is 1.86 bits per heavy atom. The minimum Gasteiger partial charge on any atom is -0.455 e. The molecule has 0 unspecified atom stereocenters. The number of rotatable bonds is 5. The van der Waals surface area contributed by atoms with Gasteiger partial charge in [0.1, 0.15) is 11.2 Å². The lowest BCUT2D eigenvalue weighted by molar-refractivity contribution is 0.664. The number of aromatic nitrogens is 4. The van der Waals surface area contributed by atoms with Crippen LogP contribution in [0.4, 0.5) is 0 Å². The number of furan rings is 1. The van der Waals surface area contributed by atoms with Gasteiger partial charge in [-0.2, -0.15) is 0 Å². The Kier molecular flexibility index (Phi) is 7.20. The van der Waals surface area contributed by atoms with Crippen molar-refractivity contribution < 1.29 is 4.42 Å². The van der Waals surface area contributed by atoms with Crippen molar-refractivity contribution in [3.05, 3.63) is 193 Å². The van der Waals surface area contributed by atoms with E-state index in [2.05, 4.69) is 164 Å². The van der Waals surface area contributed by atoms with Crippen molar-refractivity contribution in [2.75, 3.05) is 0 Å². The molecule has 0 radical (unpaired) electrons. The van der Waals surface area contributed by atoms with Crippen LogP contribution in [0.25, 0.3) is 106 Å². The van der Waals surface area contributed by atoms with Crippen LogP contribution in [0.2, 0.25) is 0 Å². The molecule has 0 saturated carbocycles. The first-order chi connectivity index (χ1) is 29.0. The van der Waals surface area contributed by atoms with E-state index in [1.54, 1.807) is 0 Å². The van der Waals surface area contributed by atoms with Crippen LogP contribution in [0, 0.1) is 0 Å². The summed E-state index contributed by atoms with van der Waals surface area (Å²) in [6.07, 6.45) is 0. The Hall–Kier alpha value is -7.63. The smallest absolute Gasteiger partial charge is 0.164 e. The molecule has 3 heterocycles.